The number of ether oxygens (including phenoxy) is 1. The lowest BCUT2D eigenvalue weighted by Crippen LogP contribution is -2.10. The van der Waals surface area contributed by atoms with E-state index in [1.165, 1.54) is 5.56 Å². The highest BCUT2D eigenvalue weighted by atomic mass is 16.5. The SMILES string of the molecule is Cc1ccc2c(c1)c(N=O)c(O)n2CCCOc1ccc(C(C)(C)C)cc1. The molecule has 0 aliphatic rings. The van der Waals surface area contributed by atoms with E-state index >= 15 is 0 Å². The van der Waals surface area contributed by atoms with Crippen LogP contribution in [0.15, 0.2) is 47.6 Å². The van der Waals surface area contributed by atoms with Crippen LogP contribution in [0.3, 0.4) is 0 Å². The molecule has 0 aliphatic heterocycles. The maximum Gasteiger partial charge on any atom is 0.222 e. The Labute approximate surface area is 159 Å². The molecule has 0 radical (unpaired) electrons. The van der Waals surface area contributed by atoms with Gasteiger partial charge in [0.2, 0.25) is 5.88 Å². The average Bonchev–Trinajstić information content (AvgIpc) is 2.88. The maximum atomic E-state index is 11.1. The highest BCUT2D eigenvalue weighted by molar-refractivity contribution is 5.95. The van der Waals surface area contributed by atoms with E-state index < -0.39 is 0 Å². The summed E-state index contributed by atoms with van der Waals surface area (Å²) in [5.41, 5.74) is 3.32. The number of aromatic nitrogens is 1. The Hall–Kier alpha value is -2.82. The number of fused-ring (bicyclic) bond motifs is 1. The molecule has 0 saturated carbocycles. The van der Waals surface area contributed by atoms with Gasteiger partial charge in [0.25, 0.3) is 0 Å². The molecule has 0 aliphatic carbocycles. The highest BCUT2D eigenvalue weighted by Crippen LogP contribution is 2.39. The molecule has 1 heterocycles. The quantitative estimate of drug-likeness (QED) is 0.441. The molecule has 3 aromatic rings. The van der Waals surface area contributed by atoms with Gasteiger partial charge in [-0.15, -0.1) is 4.91 Å². The first-order valence-corrected chi connectivity index (χ1v) is 9.20. The molecule has 142 valence electrons. The Bertz CT molecular complexity index is 950. The molecule has 1 aromatic heterocycles. The van der Waals surface area contributed by atoms with Gasteiger partial charge in [-0.2, -0.15) is 0 Å². The second-order valence-corrected chi connectivity index (χ2v) is 7.91. The van der Waals surface area contributed by atoms with Crippen molar-refractivity contribution in [2.24, 2.45) is 5.18 Å². The molecule has 0 amide bonds. The summed E-state index contributed by atoms with van der Waals surface area (Å²) in [4.78, 5) is 11.1. The minimum atomic E-state index is -0.0832. The molecular formula is C22H26N2O3. The summed E-state index contributed by atoms with van der Waals surface area (Å²) >= 11 is 0. The lowest BCUT2D eigenvalue weighted by molar-refractivity contribution is 0.298. The van der Waals surface area contributed by atoms with Crippen molar-refractivity contribution in [2.45, 2.75) is 46.1 Å². The fraction of sp³-hybridized carbons (Fsp3) is 0.364. The lowest BCUT2D eigenvalue weighted by Gasteiger charge is -2.19. The molecule has 0 saturated heterocycles. The molecule has 2 aromatic carbocycles. The van der Waals surface area contributed by atoms with Crippen molar-refractivity contribution in [1.82, 2.24) is 4.57 Å². The summed E-state index contributed by atoms with van der Waals surface area (Å²) in [5, 5.41) is 14.0. The van der Waals surface area contributed by atoms with Crippen molar-refractivity contribution in [3.63, 3.8) is 0 Å². The van der Waals surface area contributed by atoms with Crippen molar-refractivity contribution in [1.29, 1.82) is 0 Å². The van der Waals surface area contributed by atoms with E-state index in [1.807, 2.05) is 37.3 Å². The zero-order valence-electron chi connectivity index (χ0n) is 16.3. The normalized spacial score (nSPS) is 11.7. The van der Waals surface area contributed by atoms with Gasteiger partial charge in [0.1, 0.15) is 5.75 Å². The van der Waals surface area contributed by atoms with Crippen LogP contribution >= 0.6 is 0 Å². The Balaban J connectivity index is 1.66. The fourth-order valence-corrected chi connectivity index (χ4v) is 3.22. The predicted molar refractivity (Wildman–Crippen MR) is 109 cm³/mol. The van der Waals surface area contributed by atoms with Crippen molar-refractivity contribution in [3.05, 3.63) is 58.5 Å². The van der Waals surface area contributed by atoms with E-state index in [1.54, 1.807) is 4.57 Å². The molecule has 0 unspecified atom stereocenters. The third kappa shape index (κ3) is 3.97. The first-order chi connectivity index (χ1) is 12.8. The Morgan fingerprint density at radius 3 is 2.44 bits per heavy atom. The van der Waals surface area contributed by atoms with E-state index in [4.69, 9.17) is 4.74 Å². The Kier molecular flexibility index (Phi) is 5.22. The molecule has 5 nitrogen and oxygen atoms in total. The van der Waals surface area contributed by atoms with Crippen LogP contribution in [-0.2, 0) is 12.0 Å². The Morgan fingerprint density at radius 1 is 1.11 bits per heavy atom. The van der Waals surface area contributed by atoms with Gasteiger partial charge in [-0.3, -0.25) is 0 Å². The number of benzene rings is 2. The summed E-state index contributed by atoms with van der Waals surface area (Å²) in [6.07, 6.45) is 0.699. The van der Waals surface area contributed by atoms with Crippen LogP contribution in [0.4, 0.5) is 5.69 Å². The molecule has 1 N–H and O–H groups in total. The summed E-state index contributed by atoms with van der Waals surface area (Å²) in [6.45, 7) is 9.55. The van der Waals surface area contributed by atoms with Gasteiger partial charge in [0, 0.05) is 11.9 Å². The monoisotopic (exact) mass is 366 g/mol. The molecule has 0 fully saturated rings. The predicted octanol–water partition coefficient (Wildman–Crippen LogP) is 5.82. The van der Waals surface area contributed by atoms with Gasteiger partial charge >= 0.3 is 0 Å². The van der Waals surface area contributed by atoms with Crippen LogP contribution in [0.1, 0.15) is 38.3 Å². The topological polar surface area (TPSA) is 63.8 Å². The summed E-state index contributed by atoms with van der Waals surface area (Å²) in [5.74, 6) is 0.746. The lowest BCUT2D eigenvalue weighted by atomic mass is 9.87. The average molecular weight is 366 g/mol. The summed E-state index contributed by atoms with van der Waals surface area (Å²) in [6, 6.07) is 13.9. The number of nitroso groups, excluding NO2 is 1. The third-order valence-electron chi connectivity index (χ3n) is 4.77. The molecule has 5 heteroatoms. The van der Waals surface area contributed by atoms with Gasteiger partial charge in [-0.1, -0.05) is 44.5 Å². The number of nitrogens with zero attached hydrogens (tertiary/aromatic N) is 2. The Morgan fingerprint density at radius 2 is 1.81 bits per heavy atom. The van der Waals surface area contributed by atoms with E-state index in [2.05, 4.69) is 38.1 Å². The van der Waals surface area contributed by atoms with Crippen LogP contribution in [0, 0.1) is 11.8 Å². The number of rotatable bonds is 6. The number of hydrogen-bond donors (Lipinski definition) is 1. The summed E-state index contributed by atoms with van der Waals surface area (Å²) < 4.78 is 7.54. The molecule has 27 heavy (non-hydrogen) atoms. The van der Waals surface area contributed by atoms with Crippen LogP contribution < -0.4 is 4.74 Å². The first kappa shape index (κ1) is 19.0. The summed E-state index contributed by atoms with van der Waals surface area (Å²) in [7, 11) is 0. The number of hydrogen-bond acceptors (Lipinski definition) is 4. The molecule has 3 rings (SSSR count). The standard InChI is InChI=1S/C22H26N2O3/c1-15-6-11-19-18(14-15)20(23-26)21(25)24(19)12-5-13-27-17-9-7-16(8-10-17)22(2,3)4/h6-11,14,25H,5,12-13H2,1-4H3. The van der Waals surface area contributed by atoms with Gasteiger partial charge in [0.15, 0.2) is 5.69 Å². The van der Waals surface area contributed by atoms with Crippen LogP contribution in [0.25, 0.3) is 10.9 Å². The van der Waals surface area contributed by atoms with E-state index in [0.29, 0.717) is 25.0 Å². The van der Waals surface area contributed by atoms with Crippen LogP contribution in [-0.4, -0.2) is 16.3 Å². The van der Waals surface area contributed by atoms with E-state index in [9.17, 15) is 10.0 Å². The van der Waals surface area contributed by atoms with Crippen LogP contribution in [0.5, 0.6) is 11.6 Å². The third-order valence-corrected chi connectivity index (χ3v) is 4.77. The minimum absolute atomic E-state index is 0.0832. The molecular weight excluding hydrogens is 340 g/mol. The van der Waals surface area contributed by atoms with Gasteiger partial charge in [-0.05, 0) is 53.8 Å². The fourth-order valence-electron chi connectivity index (χ4n) is 3.22. The van der Waals surface area contributed by atoms with E-state index in [-0.39, 0.29) is 17.0 Å². The smallest absolute Gasteiger partial charge is 0.222 e. The number of aromatic hydroxyl groups is 1. The van der Waals surface area contributed by atoms with Gasteiger partial charge in [-0.25, -0.2) is 0 Å². The van der Waals surface area contributed by atoms with Crippen molar-refractivity contribution >= 4 is 16.6 Å². The number of aryl methyl sites for hydroxylation is 2. The molecule has 0 spiro atoms. The maximum absolute atomic E-state index is 11.1. The zero-order chi connectivity index (χ0) is 19.6. The van der Waals surface area contributed by atoms with Gasteiger partial charge in [0.05, 0.1) is 12.1 Å². The largest absolute Gasteiger partial charge is 0.494 e. The van der Waals surface area contributed by atoms with E-state index in [0.717, 1.165) is 16.8 Å². The zero-order valence-corrected chi connectivity index (χ0v) is 16.3. The first-order valence-electron chi connectivity index (χ1n) is 9.20. The van der Waals surface area contributed by atoms with Crippen molar-refractivity contribution in [3.8, 4) is 11.6 Å². The second kappa shape index (κ2) is 7.43. The van der Waals surface area contributed by atoms with Gasteiger partial charge < -0.3 is 14.4 Å². The van der Waals surface area contributed by atoms with Crippen molar-refractivity contribution in [2.75, 3.05) is 6.61 Å². The van der Waals surface area contributed by atoms with Crippen molar-refractivity contribution < 1.29 is 9.84 Å². The molecule has 0 atom stereocenters. The molecule has 0 bridgehead atoms. The van der Waals surface area contributed by atoms with Crippen LogP contribution in [0.2, 0.25) is 0 Å². The minimum Gasteiger partial charge on any atom is -0.494 e. The second-order valence-electron chi connectivity index (χ2n) is 7.91. The highest BCUT2D eigenvalue weighted by Gasteiger charge is 2.17.